The van der Waals surface area contributed by atoms with Gasteiger partial charge < -0.3 is 11.1 Å². The Morgan fingerprint density at radius 2 is 1.50 bits per heavy atom. The fraction of sp³-hybridized carbons (Fsp3) is 0.889. The molecule has 0 unspecified atom stereocenters. The van der Waals surface area contributed by atoms with Crippen LogP contribution in [0.3, 0.4) is 0 Å². The molecule has 2 nitrogen and oxygen atoms in total. The summed E-state index contributed by atoms with van der Waals surface area (Å²) in [4.78, 5) is 0. The fourth-order valence-electron chi connectivity index (χ4n) is 2.59. The van der Waals surface area contributed by atoms with Crippen molar-refractivity contribution in [1.29, 1.82) is 0 Å². The molecule has 0 saturated carbocycles. The molecule has 120 valence electrons. The van der Waals surface area contributed by atoms with Crippen LogP contribution in [0, 0.1) is 0 Å². The molecule has 2 heteroatoms. The standard InChI is InChI=1S/C18H38N2/c1-4-6-9-14-18(15-10-7-5-2)20-17(3)13-11-8-12-16-19/h18,20H,3-16,19H2,1-2H3. The molecule has 0 aliphatic carbocycles. The van der Waals surface area contributed by atoms with E-state index in [1.165, 1.54) is 69.9 Å². The molecular weight excluding hydrogens is 244 g/mol. The predicted octanol–water partition coefficient (Wildman–Crippen LogP) is 5.14. The third-order valence-corrected chi connectivity index (χ3v) is 3.90. The minimum Gasteiger partial charge on any atom is -0.386 e. The van der Waals surface area contributed by atoms with Crippen molar-refractivity contribution in [2.75, 3.05) is 6.54 Å². The molecule has 0 spiro atoms. The lowest BCUT2D eigenvalue weighted by Crippen LogP contribution is -2.28. The molecule has 0 aromatic heterocycles. The summed E-state index contributed by atoms with van der Waals surface area (Å²) >= 11 is 0. The Hall–Kier alpha value is -0.500. The molecule has 0 rings (SSSR count). The SMILES string of the molecule is C=C(CCCCCN)NC(CCCCC)CCCCC. The number of allylic oxidation sites excluding steroid dienone is 1. The van der Waals surface area contributed by atoms with Crippen LogP contribution in [0.15, 0.2) is 12.3 Å². The average molecular weight is 283 g/mol. The van der Waals surface area contributed by atoms with Crippen molar-refractivity contribution in [2.45, 2.75) is 96.9 Å². The van der Waals surface area contributed by atoms with E-state index >= 15 is 0 Å². The zero-order chi connectivity index (χ0) is 15.1. The first-order valence-electron chi connectivity index (χ1n) is 8.88. The zero-order valence-corrected chi connectivity index (χ0v) is 14.1. The minimum absolute atomic E-state index is 0.648. The summed E-state index contributed by atoms with van der Waals surface area (Å²) in [6, 6.07) is 0.648. The number of hydrogen-bond acceptors (Lipinski definition) is 2. The van der Waals surface area contributed by atoms with Gasteiger partial charge in [-0.1, -0.05) is 65.4 Å². The maximum atomic E-state index is 5.52. The summed E-state index contributed by atoms with van der Waals surface area (Å²) in [6.07, 6.45) is 15.3. The van der Waals surface area contributed by atoms with Crippen molar-refractivity contribution in [3.8, 4) is 0 Å². The van der Waals surface area contributed by atoms with Gasteiger partial charge in [-0.2, -0.15) is 0 Å². The molecule has 0 radical (unpaired) electrons. The third kappa shape index (κ3) is 12.5. The molecule has 3 N–H and O–H groups in total. The summed E-state index contributed by atoms with van der Waals surface area (Å²) in [7, 11) is 0. The first-order chi connectivity index (χ1) is 9.74. The van der Waals surface area contributed by atoms with E-state index < -0.39 is 0 Å². The Bertz CT molecular complexity index is 203. The topological polar surface area (TPSA) is 38.0 Å². The van der Waals surface area contributed by atoms with Crippen LogP contribution in [-0.4, -0.2) is 12.6 Å². The number of rotatable bonds is 15. The van der Waals surface area contributed by atoms with Crippen LogP contribution in [0.5, 0.6) is 0 Å². The summed E-state index contributed by atoms with van der Waals surface area (Å²) in [5, 5.41) is 3.69. The van der Waals surface area contributed by atoms with Crippen molar-refractivity contribution < 1.29 is 0 Å². The number of hydrogen-bond donors (Lipinski definition) is 2. The van der Waals surface area contributed by atoms with Gasteiger partial charge in [0.1, 0.15) is 0 Å². The van der Waals surface area contributed by atoms with E-state index in [9.17, 15) is 0 Å². The molecule has 0 bridgehead atoms. The highest BCUT2D eigenvalue weighted by Gasteiger charge is 2.08. The summed E-state index contributed by atoms with van der Waals surface area (Å²) in [5.74, 6) is 0. The second-order valence-corrected chi connectivity index (χ2v) is 6.04. The van der Waals surface area contributed by atoms with E-state index in [-0.39, 0.29) is 0 Å². The molecule has 0 aromatic rings. The summed E-state index contributed by atoms with van der Waals surface area (Å²) in [6.45, 7) is 9.57. The third-order valence-electron chi connectivity index (χ3n) is 3.90. The number of nitrogens with one attached hydrogen (secondary N) is 1. The lowest BCUT2D eigenvalue weighted by atomic mass is 10.0. The van der Waals surface area contributed by atoms with Gasteiger partial charge in [0.2, 0.25) is 0 Å². The van der Waals surface area contributed by atoms with E-state index in [1.54, 1.807) is 0 Å². The Morgan fingerprint density at radius 1 is 0.900 bits per heavy atom. The van der Waals surface area contributed by atoms with Gasteiger partial charge in [0.05, 0.1) is 0 Å². The Labute approximate surface area is 127 Å². The first-order valence-corrected chi connectivity index (χ1v) is 8.88. The summed E-state index contributed by atoms with van der Waals surface area (Å²) in [5.41, 5.74) is 6.76. The van der Waals surface area contributed by atoms with Crippen molar-refractivity contribution in [3.05, 3.63) is 12.3 Å². The van der Waals surface area contributed by atoms with Crippen LogP contribution in [0.1, 0.15) is 90.9 Å². The van der Waals surface area contributed by atoms with Crippen LogP contribution in [0.2, 0.25) is 0 Å². The maximum Gasteiger partial charge on any atom is 0.0258 e. The molecule has 0 aliphatic rings. The summed E-state index contributed by atoms with van der Waals surface area (Å²) < 4.78 is 0. The van der Waals surface area contributed by atoms with Gasteiger partial charge in [0.15, 0.2) is 0 Å². The second-order valence-electron chi connectivity index (χ2n) is 6.04. The van der Waals surface area contributed by atoms with Crippen LogP contribution < -0.4 is 11.1 Å². The zero-order valence-electron chi connectivity index (χ0n) is 14.1. The smallest absolute Gasteiger partial charge is 0.0258 e. The van der Waals surface area contributed by atoms with Crippen LogP contribution in [0.25, 0.3) is 0 Å². The van der Waals surface area contributed by atoms with Crippen LogP contribution in [-0.2, 0) is 0 Å². The van der Waals surface area contributed by atoms with Gasteiger partial charge in [-0.05, 0) is 38.6 Å². The quantitative estimate of drug-likeness (QED) is 0.408. The molecule has 20 heavy (non-hydrogen) atoms. The minimum atomic E-state index is 0.648. The molecule has 0 fully saturated rings. The highest BCUT2D eigenvalue weighted by Crippen LogP contribution is 2.14. The molecule has 0 aromatic carbocycles. The molecular formula is C18H38N2. The molecule has 0 amide bonds. The van der Waals surface area contributed by atoms with Gasteiger partial charge in [-0.25, -0.2) is 0 Å². The van der Waals surface area contributed by atoms with E-state index in [4.69, 9.17) is 5.73 Å². The normalized spacial score (nSPS) is 11.0. The van der Waals surface area contributed by atoms with E-state index in [0.717, 1.165) is 19.4 Å². The van der Waals surface area contributed by atoms with Gasteiger partial charge >= 0.3 is 0 Å². The maximum absolute atomic E-state index is 5.52. The van der Waals surface area contributed by atoms with E-state index in [0.29, 0.717) is 6.04 Å². The average Bonchev–Trinajstić information content (AvgIpc) is 2.44. The largest absolute Gasteiger partial charge is 0.386 e. The number of unbranched alkanes of at least 4 members (excludes halogenated alkanes) is 6. The molecule has 0 aliphatic heterocycles. The van der Waals surface area contributed by atoms with Gasteiger partial charge in [-0.3, -0.25) is 0 Å². The van der Waals surface area contributed by atoms with Crippen molar-refractivity contribution >= 4 is 0 Å². The Kier molecular flexibility index (Phi) is 14.5. The van der Waals surface area contributed by atoms with E-state index in [1.807, 2.05) is 0 Å². The monoisotopic (exact) mass is 282 g/mol. The Morgan fingerprint density at radius 3 is 2.00 bits per heavy atom. The van der Waals surface area contributed by atoms with Crippen LogP contribution in [0.4, 0.5) is 0 Å². The fourth-order valence-corrected chi connectivity index (χ4v) is 2.59. The van der Waals surface area contributed by atoms with Crippen molar-refractivity contribution in [2.24, 2.45) is 5.73 Å². The first kappa shape index (κ1) is 19.5. The van der Waals surface area contributed by atoms with Gasteiger partial charge in [-0.15, -0.1) is 0 Å². The lowest BCUT2D eigenvalue weighted by molar-refractivity contribution is 0.441. The molecule has 0 heterocycles. The Balaban J connectivity index is 3.88. The van der Waals surface area contributed by atoms with Gasteiger partial charge in [0.25, 0.3) is 0 Å². The van der Waals surface area contributed by atoms with Crippen molar-refractivity contribution in [3.63, 3.8) is 0 Å². The van der Waals surface area contributed by atoms with Crippen molar-refractivity contribution in [1.82, 2.24) is 5.32 Å². The van der Waals surface area contributed by atoms with E-state index in [2.05, 4.69) is 25.7 Å². The van der Waals surface area contributed by atoms with Crippen LogP contribution >= 0.6 is 0 Å². The van der Waals surface area contributed by atoms with Gasteiger partial charge in [0, 0.05) is 11.7 Å². The molecule has 0 atom stereocenters. The predicted molar refractivity (Wildman–Crippen MR) is 91.9 cm³/mol. The highest BCUT2D eigenvalue weighted by molar-refractivity contribution is 4.93. The highest BCUT2D eigenvalue weighted by atomic mass is 14.9. The molecule has 0 saturated heterocycles. The second kappa shape index (κ2) is 14.9. The lowest BCUT2D eigenvalue weighted by Gasteiger charge is -2.21. The number of nitrogens with two attached hydrogens (primary N) is 1.